The number of anilines is 1. The lowest BCUT2D eigenvalue weighted by Gasteiger charge is -2.13. The van der Waals surface area contributed by atoms with E-state index in [1.807, 2.05) is 17.6 Å². The largest absolute Gasteiger partial charge is 0.461 e. The number of thioether (sulfide) groups is 1. The van der Waals surface area contributed by atoms with Crippen molar-refractivity contribution in [1.29, 1.82) is 5.26 Å². The van der Waals surface area contributed by atoms with Gasteiger partial charge in [-0.2, -0.15) is 5.26 Å². The first kappa shape index (κ1) is 17.8. The van der Waals surface area contributed by atoms with Gasteiger partial charge in [-0.1, -0.05) is 23.9 Å². The molecule has 2 heterocycles. The van der Waals surface area contributed by atoms with Crippen LogP contribution in [0.3, 0.4) is 0 Å². The molecule has 2 aromatic heterocycles. The molecule has 7 nitrogen and oxygen atoms in total. The van der Waals surface area contributed by atoms with Crippen molar-refractivity contribution >= 4 is 23.4 Å². The van der Waals surface area contributed by atoms with Crippen molar-refractivity contribution in [1.82, 2.24) is 14.8 Å². The van der Waals surface area contributed by atoms with Crippen LogP contribution in [0.15, 0.2) is 52.2 Å². The van der Waals surface area contributed by atoms with Gasteiger partial charge in [0.15, 0.2) is 16.7 Å². The van der Waals surface area contributed by atoms with E-state index < -0.39 is 5.25 Å². The Morgan fingerprint density at radius 1 is 1.35 bits per heavy atom. The predicted molar refractivity (Wildman–Crippen MR) is 98.5 cm³/mol. The number of nitriles is 1. The summed E-state index contributed by atoms with van der Waals surface area (Å²) in [5.74, 6) is 1.05. The molecule has 1 aromatic carbocycles. The first-order valence-electron chi connectivity index (χ1n) is 8.07. The Balaban J connectivity index is 1.75. The molecule has 0 bridgehead atoms. The van der Waals surface area contributed by atoms with Gasteiger partial charge in [0.2, 0.25) is 5.91 Å². The van der Waals surface area contributed by atoms with Crippen molar-refractivity contribution in [2.24, 2.45) is 0 Å². The van der Waals surface area contributed by atoms with Gasteiger partial charge in [0.05, 0.1) is 22.8 Å². The molecule has 132 valence electrons. The van der Waals surface area contributed by atoms with Gasteiger partial charge >= 0.3 is 0 Å². The molecule has 8 heteroatoms. The first-order valence-corrected chi connectivity index (χ1v) is 8.95. The summed E-state index contributed by atoms with van der Waals surface area (Å²) in [6.07, 6.45) is 1.58. The highest BCUT2D eigenvalue weighted by Gasteiger charge is 2.21. The van der Waals surface area contributed by atoms with Gasteiger partial charge in [0, 0.05) is 6.54 Å². The molecule has 3 aromatic rings. The summed E-state index contributed by atoms with van der Waals surface area (Å²) in [4.78, 5) is 12.5. The molecular weight excluding hydrogens is 350 g/mol. The lowest BCUT2D eigenvalue weighted by Crippen LogP contribution is -2.23. The molecular formula is C18H17N5O2S. The average Bonchev–Trinajstić information content (AvgIpc) is 3.31. The summed E-state index contributed by atoms with van der Waals surface area (Å²) in [6, 6.07) is 12.6. The molecule has 1 atom stereocenters. The number of aromatic nitrogens is 3. The first-order chi connectivity index (χ1) is 12.6. The number of para-hydroxylation sites is 1. The maximum absolute atomic E-state index is 12.5. The van der Waals surface area contributed by atoms with Crippen molar-refractivity contribution in [2.45, 2.75) is 30.8 Å². The number of hydrogen-bond acceptors (Lipinski definition) is 6. The second-order valence-corrected chi connectivity index (χ2v) is 6.74. The molecule has 0 aliphatic rings. The number of rotatable bonds is 6. The molecule has 0 aliphatic carbocycles. The molecule has 0 fully saturated rings. The van der Waals surface area contributed by atoms with Crippen LogP contribution in [0.1, 0.15) is 19.4 Å². The Morgan fingerprint density at radius 2 is 2.15 bits per heavy atom. The Bertz CT molecular complexity index is 943. The van der Waals surface area contributed by atoms with E-state index in [0.717, 1.165) is 0 Å². The van der Waals surface area contributed by atoms with Crippen LogP contribution >= 0.6 is 11.8 Å². The highest BCUT2D eigenvalue weighted by molar-refractivity contribution is 8.00. The second kappa shape index (κ2) is 7.89. The molecule has 1 unspecified atom stereocenters. The van der Waals surface area contributed by atoms with E-state index in [4.69, 9.17) is 9.68 Å². The highest BCUT2D eigenvalue weighted by Crippen LogP contribution is 2.27. The van der Waals surface area contributed by atoms with Gasteiger partial charge < -0.3 is 9.73 Å². The van der Waals surface area contributed by atoms with Crippen LogP contribution in [0.4, 0.5) is 5.69 Å². The molecule has 0 saturated carbocycles. The molecule has 1 amide bonds. The zero-order valence-corrected chi connectivity index (χ0v) is 15.2. The average molecular weight is 367 g/mol. The number of nitrogens with one attached hydrogen (secondary N) is 1. The number of amides is 1. The van der Waals surface area contributed by atoms with Crippen LogP contribution in [0.5, 0.6) is 0 Å². The molecule has 0 aliphatic heterocycles. The number of furan rings is 1. The summed E-state index contributed by atoms with van der Waals surface area (Å²) in [6.45, 7) is 4.42. The Morgan fingerprint density at radius 3 is 2.85 bits per heavy atom. The van der Waals surface area contributed by atoms with Crippen LogP contribution in [0.2, 0.25) is 0 Å². The van der Waals surface area contributed by atoms with E-state index in [1.165, 1.54) is 11.8 Å². The number of benzene rings is 1. The molecule has 0 saturated heterocycles. The van der Waals surface area contributed by atoms with E-state index in [-0.39, 0.29) is 5.91 Å². The van der Waals surface area contributed by atoms with Crippen LogP contribution in [0.25, 0.3) is 11.6 Å². The molecule has 3 rings (SSSR count). The van der Waals surface area contributed by atoms with Crippen molar-refractivity contribution in [3.63, 3.8) is 0 Å². The monoisotopic (exact) mass is 367 g/mol. The van der Waals surface area contributed by atoms with Gasteiger partial charge in [0.1, 0.15) is 6.07 Å². The third-order valence-corrected chi connectivity index (χ3v) is 4.81. The van der Waals surface area contributed by atoms with E-state index in [9.17, 15) is 4.79 Å². The minimum atomic E-state index is -0.416. The van der Waals surface area contributed by atoms with Gasteiger partial charge in [-0.3, -0.25) is 9.36 Å². The molecule has 1 N–H and O–H groups in total. The van der Waals surface area contributed by atoms with Crippen LogP contribution < -0.4 is 5.32 Å². The smallest absolute Gasteiger partial charge is 0.237 e. The van der Waals surface area contributed by atoms with Crippen molar-refractivity contribution in [3.05, 3.63) is 48.2 Å². The van der Waals surface area contributed by atoms with Crippen LogP contribution in [0, 0.1) is 11.3 Å². The quantitative estimate of drug-likeness (QED) is 0.669. The standard InChI is InChI=1S/C18H17N5O2S/c1-3-23-16(15-9-6-10-25-15)21-22-18(23)26-12(2)17(24)20-14-8-5-4-7-13(14)11-19/h4-10,12H,3H2,1-2H3,(H,20,24). The van der Waals surface area contributed by atoms with E-state index in [0.29, 0.717) is 34.5 Å². The second-order valence-electron chi connectivity index (χ2n) is 5.43. The van der Waals surface area contributed by atoms with E-state index >= 15 is 0 Å². The summed E-state index contributed by atoms with van der Waals surface area (Å²) in [5.41, 5.74) is 0.926. The van der Waals surface area contributed by atoms with Gasteiger partial charge in [0.25, 0.3) is 0 Å². The Kier molecular flexibility index (Phi) is 5.39. The fraction of sp³-hybridized carbons (Fsp3) is 0.222. The normalized spacial score (nSPS) is 11.7. The van der Waals surface area contributed by atoms with Gasteiger partial charge in [-0.05, 0) is 38.1 Å². The fourth-order valence-corrected chi connectivity index (χ4v) is 3.30. The summed E-state index contributed by atoms with van der Waals surface area (Å²) in [5, 5.41) is 20.5. The third kappa shape index (κ3) is 3.63. The maximum Gasteiger partial charge on any atom is 0.237 e. The minimum Gasteiger partial charge on any atom is -0.461 e. The van der Waals surface area contributed by atoms with E-state index in [2.05, 4.69) is 21.6 Å². The number of hydrogen-bond donors (Lipinski definition) is 1. The SMILES string of the molecule is CCn1c(SC(C)C(=O)Nc2ccccc2C#N)nnc1-c1ccco1. The zero-order chi connectivity index (χ0) is 18.5. The lowest BCUT2D eigenvalue weighted by atomic mass is 10.2. The van der Waals surface area contributed by atoms with Gasteiger partial charge in [-0.15, -0.1) is 10.2 Å². The highest BCUT2D eigenvalue weighted by atomic mass is 32.2. The van der Waals surface area contributed by atoms with Crippen molar-refractivity contribution < 1.29 is 9.21 Å². The zero-order valence-electron chi connectivity index (χ0n) is 14.3. The number of nitrogens with zero attached hydrogens (tertiary/aromatic N) is 4. The van der Waals surface area contributed by atoms with Gasteiger partial charge in [-0.25, -0.2) is 0 Å². The number of carbonyl (C=O) groups is 1. The minimum absolute atomic E-state index is 0.206. The maximum atomic E-state index is 12.5. The lowest BCUT2D eigenvalue weighted by molar-refractivity contribution is -0.115. The molecule has 26 heavy (non-hydrogen) atoms. The third-order valence-electron chi connectivity index (χ3n) is 3.73. The van der Waals surface area contributed by atoms with E-state index in [1.54, 1.807) is 43.5 Å². The van der Waals surface area contributed by atoms with Crippen molar-refractivity contribution in [3.8, 4) is 17.7 Å². The number of carbonyl (C=O) groups excluding carboxylic acids is 1. The summed E-state index contributed by atoms with van der Waals surface area (Å²) >= 11 is 1.31. The Hall–Kier alpha value is -3.05. The van der Waals surface area contributed by atoms with Crippen molar-refractivity contribution in [2.75, 3.05) is 5.32 Å². The Labute approximate surface area is 155 Å². The van der Waals surface area contributed by atoms with Crippen LogP contribution in [-0.4, -0.2) is 25.9 Å². The predicted octanol–water partition coefficient (Wildman–Crippen LogP) is 3.55. The molecule has 0 radical (unpaired) electrons. The summed E-state index contributed by atoms with van der Waals surface area (Å²) < 4.78 is 7.29. The van der Waals surface area contributed by atoms with Crippen LogP contribution in [-0.2, 0) is 11.3 Å². The fourth-order valence-electron chi connectivity index (χ4n) is 2.38. The topological polar surface area (TPSA) is 96.7 Å². The summed E-state index contributed by atoms with van der Waals surface area (Å²) in [7, 11) is 0. The molecule has 0 spiro atoms.